The van der Waals surface area contributed by atoms with E-state index in [2.05, 4.69) is 20.5 Å². The molecule has 1 aliphatic heterocycles. The highest BCUT2D eigenvalue weighted by atomic mass is 35.5. The topological polar surface area (TPSA) is 119 Å². The molecule has 0 radical (unpaired) electrons. The molecule has 9 nitrogen and oxygen atoms in total. The quantitative estimate of drug-likeness (QED) is 0.307. The van der Waals surface area contributed by atoms with Gasteiger partial charge < -0.3 is 11.1 Å². The van der Waals surface area contributed by atoms with Gasteiger partial charge in [-0.3, -0.25) is 9.59 Å². The van der Waals surface area contributed by atoms with Gasteiger partial charge >= 0.3 is 5.25 Å². The van der Waals surface area contributed by atoms with E-state index in [0.29, 0.717) is 5.69 Å². The van der Waals surface area contributed by atoms with Crippen LogP contribution in [0.25, 0.3) is 5.69 Å². The third-order valence-corrected chi connectivity index (χ3v) is 5.34. The Morgan fingerprint density at radius 2 is 1.81 bits per heavy atom. The van der Waals surface area contributed by atoms with Gasteiger partial charge in [0.2, 0.25) is 0 Å². The van der Waals surface area contributed by atoms with Crippen molar-refractivity contribution in [2.24, 2.45) is 15.2 Å². The molecule has 2 aromatic carbocycles. The number of amides is 1. The second kappa shape index (κ2) is 8.01. The molecule has 1 aliphatic rings. The molecule has 1 unspecified atom stereocenters. The number of aliphatic imine (C=N–C) groups is 1. The maximum atomic E-state index is 13.0. The highest BCUT2D eigenvalue weighted by molar-refractivity contribution is 6.40. The normalized spacial score (nSPS) is 17.3. The first-order valence-electron chi connectivity index (χ1n) is 8.51. The summed E-state index contributed by atoms with van der Waals surface area (Å²) in [6, 6.07) is 10.2. The van der Waals surface area contributed by atoms with Gasteiger partial charge in [0.05, 0.1) is 10.0 Å². The van der Waals surface area contributed by atoms with Gasteiger partial charge in [0.25, 0.3) is 11.5 Å². The summed E-state index contributed by atoms with van der Waals surface area (Å²) in [5.74, 6) is -0.585. The minimum atomic E-state index is -1.91. The average Bonchev–Trinajstić information content (AvgIpc) is 3.25. The van der Waals surface area contributed by atoms with Crippen LogP contribution < -0.4 is 16.6 Å². The Balaban J connectivity index is 1.91. The maximum Gasteiger partial charge on any atom is 0.347 e. The number of anilines is 2. The van der Waals surface area contributed by atoms with Crippen molar-refractivity contribution in [3.8, 4) is 5.69 Å². The van der Waals surface area contributed by atoms with Gasteiger partial charge in [0.15, 0.2) is 0 Å². The predicted molar refractivity (Wildman–Crippen MR) is 121 cm³/mol. The lowest BCUT2D eigenvalue weighted by Gasteiger charge is -2.23. The number of nitrogen functional groups attached to an aromatic ring is 1. The molecule has 31 heavy (non-hydrogen) atoms. The number of benzene rings is 2. The van der Waals surface area contributed by atoms with Gasteiger partial charge in [-0.2, -0.15) is 4.68 Å². The second-order valence-corrected chi connectivity index (χ2v) is 8.06. The first-order chi connectivity index (χ1) is 14.7. The Kier molecular flexibility index (Phi) is 5.52. The van der Waals surface area contributed by atoms with Crippen LogP contribution in [-0.2, 0) is 5.25 Å². The molecule has 1 aromatic heterocycles. The SMILES string of the molecule is Nc1cccc(C(=O)Nc2cc(=O)n(-c3c(Cl)cc(Cl)cc3Cl)n2C2(Cl)N=CN=N2)c1. The summed E-state index contributed by atoms with van der Waals surface area (Å²) < 4.78 is 2.14. The number of alkyl halides is 1. The number of nitrogens with two attached hydrogens (primary N) is 1. The standard InChI is InChI=1S/C18H11Cl4N7O2/c19-10-5-12(20)16(13(21)6-10)28-15(30)7-14(29(28)18(22)24-8-25-27-18)26-17(31)9-2-1-3-11(23)4-9/h1-8H,23H2,(H,26,31). The highest BCUT2D eigenvalue weighted by Gasteiger charge is 2.38. The van der Waals surface area contributed by atoms with Crippen LogP contribution in [0, 0.1) is 0 Å². The Labute approximate surface area is 194 Å². The highest BCUT2D eigenvalue weighted by Crippen LogP contribution is 2.37. The van der Waals surface area contributed by atoms with E-state index in [1.165, 1.54) is 18.2 Å². The molecule has 13 heteroatoms. The van der Waals surface area contributed by atoms with Crippen LogP contribution in [0.2, 0.25) is 15.1 Å². The molecule has 158 valence electrons. The van der Waals surface area contributed by atoms with Crippen molar-refractivity contribution in [3.05, 3.63) is 73.4 Å². The molecule has 0 aliphatic carbocycles. The summed E-state index contributed by atoms with van der Waals surface area (Å²) in [4.78, 5) is 29.7. The smallest absolute Gasteiger partial charge is 0.347 e. The minimum Gasteiger partial charge on any atom is -0.399 e. The molecule has 0 fully saturated rings. The Hall–Kier alpha value is -2.85. The number of carbonyl (C=O) groups is 1. The molecular weight excluding hydrogens is 488 g/mol. The molecule has 1 atom stereocenters. The zero-order chi connectivity index (χ0) is 22.3. The molecule has 0 bridgehead atoms. The molecule has 0 saturated heterocycles. The largest absolute Gasteiger partial charge is 0.399 e. The van der Waals surface area contributed by atoms with Gasteiger partial charge in [-0.15, -0.1) is 10.2 Å². The van der Waals surface area contributed by atoms with Crippen LogP contribution in [0.3, 0.4) is 0 Å². The van der Waals surface area contributed by atoms with Crippen LogP contribution in [0.1, 0.15) is 10.4 Å². The van der Waals surface area contributed by atoms with E-state index in [9.17, 15) is 9.59 Å². The maximum absolute atomic E-state index is 13.0. The third-order valence-electron chi connectivity index (χ3n) is 4.21. The van der Waals surface area contributed by atoms with Crippen molar-refractivity contribution in [3.63, 3.8) is 0 Å². The van der Waals surface area contributed by atoms with Gasteiger partial charge in [-0.1, -0.05) is 40.9 Å². The molecule has 1 amide bonds. The number of rotatable bonds is 4. The lowest BCUT2D eigenvalue weighted by molar-refractivity contribution is 0.102. The number of halogens is 4. The van der Waals surface area contributed by atoms with Gasteiger partial charge in [0, 0.05) is 22.3 Å². The summed E-state index contributed by atoms with van der Waals surface area (Å²) >= 11 is 25.1. The summed E-state index contributed by atoms with van der Waals surface area (Å²) in [5.41, 5.74) is 5.85. The summed E-state index contributed by atoms with van der Waals surface area (Å²) in [5, 5.41) is 8.60. The Bertz CT molecular complexity index is 1290. The van der Waals surface area contributed by atoms with Crippen LogP contribution in [-0.4, -0.2) is 21.6 Å². The zero-order valence-electron chi connectivity index (χ0n) is 15.3. The minimum absolute atomic E-state index is 0.0347. The van der Waals surface area contributed by atoms with Crippen molar-refractivity contribution in [2.75, 3.05) is 11.1 Å². The Morgan fingerprint density at radius 1 is 1.10 bits per heavy atom. The molecule has 3 aromatic rings. The van der Waals surface area contributed by atoms with Crippen molar-refractivity contribution in [2.45, 2.75) is 5.25 Å². The second-order valence-electron chi connectivity index (χ2n) is 6.30. The Morgan fingerprint density at radius 3 is 2.42 bits per heavy atom. The number of nitrogens with zero attached hydrogens (tertiary/aromatic N) is 5. The average molecular weight is 499 g/mol. The first kappa shape index (κ1) is 21.4. The van der Waals surface area contributed by atoms with Crippen molar-refractivity contribution in [1.82, 2.24) is 9.36 Å². The number of hydrogen-bond donors (Lipinski definition) is 2. The monoisotopic (exact) mass is 497 g/mol. The molecule has 0 spiro atoms. The fraction of sp³-hybridized carbons (Fsp3) is 0.0556. The van der Waals surface area contributed by atoms with Gasteiger partial charge in [-0.05, 0) is 41.9 Å². The van der Waals surface area contributed by atoms with E-state index in [0.717, 1.165) is 21.8 Å². The van der Waals surface area contributed by atoms with E-state index in [4.69, 9.17) is 52.1 Å². The number of hydrogen-bond acceptors (Lipinski definition) is 6. The van der Waals surface area contributed by atoms with Gasteiger partial charge in [0.1, 0.15) is 17.8 Å². The first-order valence-corrected chi connectivity index (χ1v) is 10.0. The van der Waals surface area contributed by atoms with Crippen molar-refractivity contribution < 1.29 is 4.79 Å². The molecule has 4 rings (SSSR count). The molecule has 0 saturated carbocycles. The van der Waals surface area contributed by atoms with Crippen LogP contribution in [0.4, 0.5) is 11.5 Å². The number of carbonyl (C=O) groups excluding carboxylic acids is 1. The lowest BCUT2D eigenvalue weighted by atomic mass is 10.2. The molecule has 2 heterocycles. The third kappa shape index (κ3) is 3.92. The van der Waals surface area contributed by atoms with Crippen LogP contribution in [0.5, 0.6) is 0 Å². The van der Waals surface area contributed by atoms with Gasteiger partial charge in [-0.25, -0.2) is 9.67 Å². The lowest BCUT2D eigenvalue weighted by Crippen LogP contribution is -2.33. The van der Waals surface area contributed by atoms with Crippen LogP contribution >= 0.6 is 46.4 Å². The van der Waals surface area contributed by atoms with Crippen molar-refractivity contribution in [1.29, 1.82) is 0 Å². The number of aromatic nitrogens is 2. The van der Waals surface area contributed by atoms with Crippen LogP contribution in [0.15, 0.2) is 62.5 Å². The van der Waals surface area contributed by atoms with E-state index < -0.39 is 16.7 Å². The molecular formula is C18H11Cl4N7O2. The zero-order valence-corrected chi connectivity index (χ0v) is 18.3. The summed E-state index contributed by atoms with van der Waals surface area (Å²) in [7, 11) is 0. The van der Waals surface area contributed by atoms with E-state index in [1.807, 2.05) is 0 Å². The number of azo groups is 1. The number of nitrogens with one attached hydrogen (secondary N) is 1. The summed E-state index contributed by atoms with van der Waals surface area (Å²) in [6.07, 6.45) is 1.11. The van der Waals surface area contributed by atoms with Crippen molar-refractivity contribution >= 4 is 70.2 Å². The fourth-order valence-corrected chi connectivity index (χ4v) is 4.18. The van der Waals surface area contributed by atoms with E-state index in [-0.39, 0.29) is 32.1 Å². The van der Waals surface area contributed by atoms with E-state index >= 15 is 0 Å². The predicted octanol–water partition coefficient (Wildman–Crippen LogP) is 4.73. The molecule has 3 N–H and O–H groups in total. The summed E-state index contributed by atoms with van der Waals surface area (Å²) in [6.45, 7) is 0. The fourth-order valence-electron chi connectivity index (χ4n) is 2.95. The van der Waals surface area contributed by atoms with E-state index in [1.54, 1.807) is 18.2 Å².